The number of hydrogen-bond acceptors (Lipinski definition) is 4. The Hall–Kier alpha value is -2.25. The zero-order valence-electron chi connectivity index (χ0n) is 13.8. The number of rotatable bonds is 5. The summed E-state index contributed by atoms with van der Waals surface area (Å²) in [6, 6.07) is 9.43. The lowest BCUT2D eigenvalue weighted by molar-refractivity contribution is 0.379. The normalized spacial score (nSPS) is 17.5. The Bertz CT molecular complexity index is 992. The maximum atomic E-state index is 12.5. The van der Waals surface area contributed by atoms with Crippen molar-refractivity contribution in [1.29, 1.82) is 0 Å². The number of pyridine rings is 1. The van der Waals surface area contributed by atoms with E-state index < -0.39 is 10.0 Å². The fourth-order valence-corrected chi connectivity index (χ4v) is 4.61. The maximum absolute atomic E-state index is 12.5. The topological polar surface area (TPSA) is 76.9 Å². The van der Waals surface area contributed by atoms with Gasteiger partial charge >= 0.3 is 0 Å². The Balaban J connectivity index is 1.44. The number of nitrogens with one attached hydrogen (secondary N) is 1. The van der Waals surface area contributed by atoms with E-state index in [4.69, 9.17) is 0 Å². The van der Waals surface area contributed by atoms with E-state index in [1.165, 1.54) is 0 Å². The van der Waals surface area contributed by atoms with Crippen LogP contribution in [-0.2, 0) is 28.7 Å². The van der Waals surface area contributed by atoms with Gasteiger partial charge in [-0.05, 0) is 24.0 Å². The van der Waals surface area contributed by atoms with E-state index in [1.807, 2.05) is 36.5 Å². The van der Waals surface area contributed by atoms with Crippen LogP contribution in [0.5, 0.6) is 0 Å². The van der Waals surface area contributed by atoms with Crippen LogP contribution in [0.3, 0.4) is 0 Å². The molecule has 3 heterocycles. The fraction of sp³-hybridized carbons (Fsp3) is 0.333. The molecule has 1 aliphatic heterocycles. The molecule has 0 radical (unpaired) electrons. The third-order valence-electron chi connectivity index (χ3n) is 4.70. The molecule has 1 aromatic carbocycles. The highest BCUT2D eigenvalue weighted by Gasteiger charge is 2.21. The van der Waals surface area contributed by atoms with Gasteiger partial charge in [0.2, 0.25) is 10.0 Å². The molecule has 1 N–H and O–H groups in total. The summed E-state index contributed by atoms with van der Waals surface area (Å²) in [5, 5.41) is 0.953. The largest absolute Gasteiger partial charge is 0.335 e. The van der Waals surface area contributed by atoms with Crippen molar-refractivity contribution in [2.75, 3.05) is 6.54 Å². The van der Waals surface area contributed by atoms with E-state index in [9.17, 15) is 8.42 Å². The average molecular weight is 356 g/mol. The molecule has 0 spiro atoms. The Morgan fingerprint density at radius 2 is 2.04 bits per heavy atom. The number of para-hydroxylation sites is 1. The summed E-state index contributed by atoms with van der Waals surface area (Å²) in [7, 11) is -3.41. The second-order valence-electron chi connectivity index (χ2n) is 6.50. The molecule has 0 saturated heterocycles. The summed E-state index contributed by atoms with van der Waals surface area (Å²) in [6.45, 7) is 1.35. The number of fused-ring (bicyclic) bond motifs is 2. The third-order valence-corrected chi connectivity index (χ3v) is 6.00. The van der Waals surface area contributed by atoms with Crippen molar-refractivity contribution in [3.8, 4) is 0 Å². The van der Waals surface area contributed by atoms with Crippen molar-refractivity contribution < 1.29 is 8.42 Å². The number of nitrogens with zero attached hydrogens (tertiary/aromatic N) is 3. The first-order valence-electron chi connectivity index (χ1n) is 8.41. The Labute approximate surface area is 147 Å². The molecular weight excluding hydrogens is 336 g/mol. The third kappa shape index (κ3) is 3.57. The summed E-state index contributed by atoms with van der Waals surface area (Å²) in [5.74, 6) is 1.27. The molecule has 0 aliphatic carbocycles. The van der Waals surface area contributed by atoms with E-state index in [1.54, 1.807) is 12.4 Å². The SMILES string of the molecule is O=S(=O)(Cc1cccc2cccnc12)NC[C@H]1CCn2ccnc2C1. The van der Waals surface area contributed by atoms with Crippen LogP contribution >= 0.6 is 0 Å². The van der Waals surface area contributed by atoms with E-state index in [-0.39, 0.29) is 11.7 Å². The zero-order valence-corrected chi connectivity index (χ0v) is 14.6. The molecule has 0 saturated carbocycles. The first-order chi connectivity index (χ1) is 12.1. The molecule has 0 amide bonds. The molecule has 25 heavy (non-hydrogen) atoms. The van der Waals surface area contributed by atoms with Crippen LogP contribution in [0, 0.1) is 5.92 Å². The first-order valence-corrected chi connectivity index (χ1v) is 10.1. The Kier molecular flexibility index (Phi) is 4.27. The Morgan fingerprint density at radius 3 is 2.96 bits per heavy atom. The number of imidazole rings is 1. The summed E-state index contributed by atoms with van der Waals surface area (Å²) < 4.78 is 29.9. The van der Waals surface area contributed by atoms with Gasteiger partial charge in [0.05, 0.1) is 11.3 Å². The van der Waals surface area contributed by atoms with Crippen LogP contribution < -0.4 is 4.72 Å². The predicted octanol–water partition coefficient (Wildman–Crippen LogP) is 2.11. The summed E-state index contributed by atoms with van der Waals surface area (Å²) in [4.78, 5) is 8.66. The van der Waals surface area contributed by atoms with Crippen LogP contribution in [0.25, 0.3) is 10.9 Å². The molecule has 2 aromatic heterocycles. The second kappa shape index (κ2) is 6.57. The van der Waals surface area contributed by atoms with Crippen LogP contribution in [0.15, 0.2) is 48.9 Å². The van der Waals surface area contributed by atoms with E-state index in [0.717, 1.165) is 41.7 Å². The molecule has 1 atom stereocenters. The average Bonchev–Trinajstić information content (AvgIpc) is 3.08. The van der Waals surface area contributed by atoms with Crippen molar-refractivity contribution in [3.05, 3.63) is 60.3 Å². The van der Waals surface area contributed by atoms with Gasteiger partial charge in [-0.3, -0.25) is 4.98 Å². The Morgan fingerprint density at radius 1 is 1.16 bits per heavy atom. The molecule has 0 unspecified atom stereocenters. The van der Waals surface area contributed by atoms with Gasteiger partial charge in [0.15, 0.2) is 0 Å². The molecule has 4 rings (SSSR count). The van der Waals surface area contributed by atoms with Gasteiger partial charge in [0, 0.05) is 43.5 Å². The van der Waals surface area contributed by atoms with Crippen LogP contribution in [0.4, 0.5) is 0 Å². The zero-order chi connectivity index (χ0) is 17.3. The van der Waals surface area contributed by atoms with E-state index in [2.05, 4.69) is 19.3 Å². The van der Waals surface area contributed by atoms with Crippen molar-refractivity contribution in [3.63, 3.8) is 0 Å². The van der Waals surface area contributed by atoms with Crippen molar-refractivity contribution in [1.82, 2.24) is 19.3 Å². The summed E-state index contributed by atoms with van der Waals surface area (Å²) in [6.07, 6.45) is 7.24. The number of sulfonamides is 1. The van der Waals surface area contributed by atoms with Crippen LogP contribution in [0.2, 0.25) is 0 Å². The van der Waals surface area contributed by atoms with Gasteiger partial charge in [-0.15, -0.1) is 0 Å². The van der Waals surface area contributed by atoms with Gasteiger partial charge < -0.3 is 4.57 Å². The number of hydrogen-bond donors (Lipinski definition) is 1. The number of benzene rings is 1. The molecule has 7 heteroatoms. The van der Waals surface area contributed by atoms with E-state index >= 15 is 0 Å². The van der Waals surface area contributed by atoms with Crippen molar-refractivity contribution in [2.45, 2.75) is 25.1 Å². The smallest absolute Gasteiger partial charge is 0.215 e. The second-order valence-corrected chi connectivity index (χ2v) is 8.30. The number of aryl methyl sites for hydroxylation is 1. The monoisotopic (exact) mass is 356 g/mol. The minimum atomic E-state index is -3.41. The minimum absolute atomic E-state index is 0.0529. The molecule has 0 bridgehead atoms. The van der Waals surface area contributed by atoms with Gasteiger partial charge in [0.1, 0.15) is 5.82 Å². The maximum Gasteiger partial charge on any atom is 0.215 e. The standard InChI is InChI=1S/C18H20N4O2S/c23-25(24,13-16-4-1-3-15-5-2-7-20-18(15)16)21-12-14-6-9-22-10-8-19-17(22)11-14/h1-5,7-8,10,14,21H,6,9,11-13H2/t14-/m0/s1. The fourth-order valence-electron chi connectivity index (χ4n) is 3.37. The molecule has 6 nitrogen and oxygen atoms in total. The highest BCUT2D eigenvalue weighted by atomic mass is 32.2. The predicted molar refractivity (Wildman–Crippen MR) is 96.4 cm³/mol. The van der Waals surface area contributed by atoms with Gasteiger partial charge in [0.25, 0.3) is 0 Å². The summed E-state index contributed by atoms with van der Waals surface area (Å²) in [5.41, 5.74) is 1.47. The summed E-state index contributed by atoms with van der Waals surface area (Å²) >= 11 is 0. The molecule has 3 aromatic rings. The molecule has 0 fully saturated rings. The van der Waals surface area contributed by atoms with Crippen molar-refractivity contribution in [2.24, 2.45) is 5.92 Å². The number of aromatic nitrogens is 3. The van der Waals surface area contributed by atoms with E-state index in [0.29, 0.717) is 6.54 Å². The first kappa shape index (κ1) is 16.2. The minimum Gasteiger partial charge on any atom is -0.335 e. The lowest BCUT2D eigenvalue weighted by Gasteiger charge is -2.23. The molecular formula is C18H20N4O2S. The van der Waals surface area contributed by atoms with Gasteiger partial charge in [-0.1, -0.05) is 24.3 Å². The van der Waals surface area contributed by atoms with Gasteiger partial charge in [-0.2, -0.15) is 0 Å². The highest BCUT2D eigenvalue weighted by Crippen LogP contribution is 2.20. The van der Waals surface area contributed by atoms with Gasteiger partial charge in [-0.25, -0.2) is 18.1 Å². The lowest BCUT2D eigenvalue weighted by Crippen LogP contribution is -2.33. The van der Waals surface area contributed by atoms with Crippen molar-refractivity contribution >= 4 is 20.9 Å². The molecule has 1 aliphatic rings. The van der Waals surface area contributed by atoms with Crippen LogP contribution in [-0.4, -0.2) is 29.5 Å². The van der Waals surface area contributed by atoms with Crippen LogP contribution in [0.1, 0.15) is 17.8 Å². The quantitative estimate of drug-likeness (QED) is 0.760. The lowest BCUT2D eigenvalue weighted by atomic mass is 9.98. The highest BCUT2D eigenvalue weighted by molar-refractivity contribution is 7.88. The molecule has 130 valence electrons.